The molecule has 12 heavy (non-hydrogen) atoms. The van der Waals surface area contributed by atoms with E-state index in [4.69, 9.17) is 11.5 Å². The molecular weight excluding hydrogens is 197 g/mol. The first-order valence-electron chi connectivity index (χ1n) is 3.10. The van der Waals surface area contributed by atoms with Crippen LogP contribution in [0.4, 0.5) is 11.5 Å². The average molecular weight is 210 g/mol. The Balaban J connectivity index is 0. The molecule has 4 N–H and O–H groups in total. The topological polar surface area (TPSA) is 64.9 Å². The van der Waals surface area contributed by atoms with Crippen LogP contribution in [0.25, 0.3) is 0 Å². The fraction of sp³-hybridized carbons (Fsp3) is 0.286. The number of nitrogens with zero attached hydrogens (tertiary/aromatic N) is 1. The van der Waals surface area contributed by atoms with Crippen molar-refractivity contribution in [1.82, 2.24) is 4.98 Å². The minimum Gasteiger partial charge on any atom is -0.397 e. The summed E-state index contributed by atoms with van der Waals surface area (Å²) in [5, 5.41) is 0. The van der Waals surface area contributed by atoms with Crippen LogP contribution in [0.1, 0.15) is 11.1 Å². The van der Waals surface area contributed by atoms with Gasteiger partial charge in [-0.1, -0.05) is 0 Å². The zero-order valence-electron chi connectivity index (χ0n) is 7.00. The van der Waals surface area contributed by atoms with Gasteiger partial charge in [0.05, 0.1) is 11.9 Å². The fourth-order valence-electron chi connectivity index (χ4n) is 0.741. The number of hydrogen-bond donors (Lipinski definition) is 2. The second-order valence-electron chi connectivity index (χ2n) is 2.35. The molecule has 70 valence electrons. The van der Waals surface area contributed by atoms with Gasteiger partial charge in [0.15, 0.2) is 0 Å². The first kappa shape index (κ1) is 13.9. The molecule has 0 aliphatic carbocycles. The van der Waals surface area contributed by atoms with E-state index in [-0.39, 0.29) is 24.8 Å². The van der Waals surface area contributed by atoms with Crippen molar-refractivity contribution in [2.75, 3.05) is 11.5 Å². The number of nitrogens with two attached hydrogens (primary N) is 2. The van der Waals surface area contributed by atoms with E-state index in [1.54, 1.807) is 6.20 Å². The van der Waals surface area contributed by atoms with Gasteiger partial charge >= 0.3 is 0 Å². The number of nitrogen functional groups attached to an aromatic ring is 2. The smallest absolute Gasteiger partial charge is 0.126 e. The molecule has 0 aliphatic heterocycles. The van der Waals surface area contributed by atoms with Crippen molar-refractivity contribution in [1.29, 1.82) is 0 Å². The lowest BCUT2D eigenvalue weighted by Gasteiger charge is -2.04. The summed E-state index contributed by atoms with van der Waals surface area (Å²) < 4.78 is 0. The van der Waals surface area contributed by atoms with Gasteiger partial charge < -0.3 is 11.5 Å². The third-order valence-corrected chi connectivity index (χ3v) is 1.72. The van der Waals surface area contributed by atoms with Crippen LogP contribution in [0.15, 0.2) is 6.20 Å². The number of pyridine rings is 1. The third-order valence-electron chi connectivity index (χ3n) is 1.72. The van der Waals surface area contributed by atoms with Crippen LogP contribution in [0, 0.1) is 13.8 Å². The molecule has 1 aromatic heterocycles. The van der Waals surface area contributed by atoms with Crippen LogP contribution < -0.4 is 11.5 Å². The molecular formula is C7H13Cl2N3. The van der Waals surface area contributed by atoms with E-state index in [1.165, 1.54) is 0 Å². The van der Waals surface area contributed by atoms with Crippen molar-refractivity contribution >= 4 is 36.3 Å². The number of aromatic nitrogens is 1. The van der Waals surface area contributed by atoms with E-state index in [9.17, 15) is 0 Å². The largest absolute Gasteiger partial charge is 0.397 e. The molecule has 3 nitrogen and oxygen atoms in total. The Hall–Kier alpha value is -0.670. The molecule has 0 radical (unpaired) electrons. The maximum atomic E-state index is 5.57. The van der Waals surface area contributed by atoms with E-state index in [0.29, 0.717) is 11.5 Å². The Kier molecular flexibility index (Phi) is 5.86. The van der Waals surface area contributed by atoms with Gasteiger partial charge in [0.1, 0.15) is 5.82 Å². The van der Waals surface area contributed by atoms with Crippen LogP contribution in [0.2, 0.25) is 0 Å². The van der Waals surface area contributed by atoms with Gasteiger partial charge in [-0.3, -0.25) is 0 Å². The van der Waals surface area contributed by atoms with E-state index in [1.807, 2.05) is 13.8 Å². The molecule has 0 aliphatic rings. The number of rotatable bonds is 0. The number of hydrogen-bond acceptors (Lipinski definition) is 3. The van der Waals surface area contributed by atoms with Crippen molar-refractivity contribution in [3.63, 3.8) is 0 Å². The lowest BCUT2D eigenvalue weighted by Crippen LogP contribution is -1.99. The zero-order chi connectivity index (χ0) is 7.72. The van der Waals surface area contributed by atoms with Gasteiger partial charge in [-0.05, 0) is 25.0 Å². The number of anilines is 2. The molecule has 0 spiro atoms. The molecule has 0 atom stereocenters. The highest BCUT2D eigenvalue weighted by molar-refractivity contribution is 5.85. The summed E-state index contributed by atoms with van der Waals surface area (Å²) in [6.45, 7) is 3.84. The Morgan fingerprint density at radius 1 is 1.08 bits per heavy atom. The SMILES string of the molecule is Cc1c(N)cnc(N)c1C.Cl.Cl. The maximum Gasteiger partial charge on any atom is 0.126 e. The standard InChI is InChI=1S/C7H11N3.2ClH/c1-4-5(2)7(9)10-3-6(4)8;;/h3H,8H2,1-2H3,(H2,9,10);2*1H. The summed E-state index contributed by atoms with van der Waals surface area (Å²) in [5.74, 6) is 0.562. The summed E-state index contributed by atoms with van der Waals surface area (Å²) in [6.07, 6.45) is 1.58. The minimum atomic E-state index is 0. The van der Waals surface area contributed by atoms with Crippen molar-refractivity contribution in [3.8, 4) is 0 Å². The summed E-state index contributed by atoms with van der Waals surface area (Å²) in [5.41, 5.74) is 13.8. The summed E-state index contributed by atoms with van der Waals surface area (Å²) >= 11 is 0. The molecule has 0 unspecified atom stereocenters. The molecule has 5 heteroatoms. The van der Waals surface area contributed by atoms with Crippen LogP contribution in [0.5, 0.6) is 0 Å². The van der Waals surface area contributed by atoms with Crippen LogP contribution in [0.3, 0.4) is 0 Å². The maximum absolute atomic E-state index is 5.57. The second kappa shape index (κ2) is 5.06. The van der Waals surface area contributed by atoms with Gasteiger partial charge in [-0.25, -0.2) is 4.98 Å². The summed E-state index contributed by atoms with van der Waals surface area (Å²) in [4.78, 5) is 3.89. The van der Waals surface area contributed by atoms with E-state index in [2.05, 4.69) is 4.98 Å². The molecule has 0 fully saturated rings. The monoisotopic (exact) mass is 209 g/mol. The predicted octanol–water partition coefficient (Wildman–Crippen LogP) is 1.71. The Morgan fingerprint density at radius 3 is 2.00 bits per heavy atom. The quantitative estimate of drug-likeness (QED) is 0.684. The van der Waals surface area contributed by atoms with Gasteiger partial charge in [0.2, 0.25) is 0 Å². The molecule has 1 rings (SSSR count). The molecule has 1 heterocycles. The highest BCUT2D eigenvalue weighted by Gasteiger charge is 2.00. The van der Waals surface area contributed by atoms with Crippen molar-refractivity contribution < 1.29 is 0 Å². The Labute approximate surface area is 84.4 Å². The Morgan fingerprint density at radius 2 is 1.58 bits per heavy atom. The molecule has 0 amide bonds. The average Bonchev–Trinajstić information content (AvgIpc) is 1.93. The van der Waals surface area contributed by atoms with Gasteiger partial charge in [-0.2, -0.15) is 0 Å². The lowest BCUT2D eigenvalue weighted by atomic mass is 10.1. The molecule has 0 bridgehead atoms. The normalized spacial score (nSPS) is 8.17. The summed E-state index contributed by atoms with van der Waals surface area (Å²) in [6, 6.07) is 0. The second-order valence-corrected chi connectivity index (χ2v) is 2.35. The van der Waals surface area contributed by atoms with Gasteiger partial charge in [0.25, 0.3) is 0 Å². The minimum absolute atomic E-state index is 0. The fourth-order valence-corrected chi connectivity index (χ4v) is 0.741. The first-order valence-corrected chi connectivity index (χ1v) is 3.10. The molecule has 0 saturated heterocycles. The van der Waals surface area contributed by atoms with Crippen LogP contribution in [-0.2, 0) is 0 Å². The van der Waals surface area contributed by atoms with Crippen molar-refractivity contribution in [2.24, 2.45) is 0 Å². The lowest BCUT2D eigenvalue weighted by molar-refractivity contribution is 1.23. The highest BCUT2D eigenvalue weighted by atomic mass is 35.5. The van der Waals surface area contributed by atoms with Crippen molar-refractivity contribution in [2.45, 2.75) is 13.8 Å². The highest BCUT2D eigenvalue weighted by Crippen LogP contribution is 2.17. The van der Waals surface area contributed by atoms with E-state index < -0.39 is 0 Å². The molecule has 0 saturated carbocycles. The zero-order valence-corrected chi connectivity index (χ0v) is 8.63. The Bertz CT molecular complexity index is 236. The van der Waals surface area contributed by atoms with Crippen LogP contribution >= 0.6 is 24.8 Å². The van der Waals surface area contributed by atoms with Gasteiger partial charge in [-0.15, -0.1) is 24.8 Å². The van der Waals surface area contributed by atoms with Crippen molar-refractivity contribution in [3.05, 3.63) is 17.3 Å². The molecule has 0 aromatic carbocycles. The molecule has 1 aromatic rings. The third kappa shape index (κ3) is 2.43. The first-order chi connectivity index (χ1) is 4.63. The van der Waals surface area contributed by atoms with Gasteiger partial charge in [0, 0.05) is 0 Å². The number of halogens is 2. The predicted molar refractivity (Wildman–Crippen MR) is 57.0 cm³/mol. The van der Waals surface area contributed by atoms with E-state index >= 15 is 0 Å². The van der Waals surface area contributed by atoms with E-state index in [0.717, 1.165) is 11.1 Å². The van der Waals surface area contributed by atoms with Crippen LogP contribution in [-0.4, -0.2) is 4.98 Å². The summed E-state index contributed by atoms with van der Waals surface area (Å²) in [7, 11) is 0.